The Morgan fingerprint density at radius 2 is 2.11 bits per heavy atom. The molecule has 0 saturated carbocycles. The van der Waals surface area contributed by atoms with Crippen LogP contribution in [0.25, 0.3) is 0 Å². The molecule has 0 atom stereocenters. The summed E-state index contributed by atoms with van der Waals surface area (Å²) in [6.07, 6.45) is 5.21. The van der Waals surface area contributed by atoms with Crippen molar-refractivity contribution in [1.82, 2.24) is 9.55 Å². The second-order valence-electron chi connectivity index (χ2n) is 4.84. The molecule has 0 radical (unpaired) electrons. The highest BCUT2D eigenvalue weighted by Crippen LogP contribution is 2.14. The van der Waals surface area contributed by atoms with E-state index in [9.17, 15) is 13.2 Å². The number of nitrogens with zero attached hydrogens (tertiary/aromatic N) is 2. The first kappa shape index (κ1) is 14.0. The quantitative estimate of drug-likeness (QED) is 0.878. The zero-order valence-corrected chi connectivity index (χ0v) is 11.8. The molecule has 0 bridgehead atoms. The normalized spacial score (nSPS) is 19.2. The van der Waals surface area contributed by atoms with Crippen molar-refractivity contribution in [3.8, 4) is 0 Å². The van der Waals surface area contributed by atoms with E-state index < -0.39 is 9.84 Å². The van der Waals surface area contributed by atoms with Gasteiger partial charge in [-0.3, -0.25) is 4.79 Å². The highest BCUT2D eigenvalue weighted by Gasteiger charge is 2.24. The molecule has 6 nitrogen and oxygen atoms in total. The van der Waals surface area contributed by atoms with E-state index in [4.69, 9.17) is 0 Å². The fraction of sp³-hybridized carbons (Fsp3) is 0.667. The van der Waals surface area contributed by atoms with E-state index >= 15 is 0 Å². The van der Waals surface area contributed by atoms with Crippen LogP contribution in [0.1, 0.15) is 26.2 Å². The van der Waals surface area contributed by atoms with E-state index in [1.165, 1.54) is 0 Å². The molecule has 2 rings (SSSR count). The van der Waals surface area contributed by atoms with Gasteiger partial charge in [0.05, 0.1) is 11.5 Å². The number of aromatic nitrogens is 2. The molecule has 1 aliphatic rings. The van der Waals surface area contributed by atoms with Gasteiger partial charge in [-0.1, -0.05) is 6.92 Å². The number of hydrogen-bond donors (Lipinski definition) is 1. The third-order valence-electron chi connectivity index (χ3n) is 3.27. The molecule has 1 fully saturated rings. The Morgan fingerprint density at radius 3 is 2.74 bits per heavy atom. The van der Waals surface area contributed by atoms with E-state index in [0.29, 0.717) is 25.2 Å². The van der Waals surface area contributed by atoms with Gasteiger partial charge in [0.2, 0.25) is 0 Å². The molecule has 106 valence electrons. The molecule has 7 heteroatoms. The summed E-state index contributed by atoms with van der Waals surface area (Å²) in [6.45, 7) is 2.67. The molecule has 1 saturated heterocycles. The first-order chi connectivity index (χ1) is 9.02. The van der Waals surface area contributed by atoms with Crippen molar-refractivity contribution in [3.05, 3.63) is 22.7 Å². The molecular weight excluding hydrogens is 266 g/mol. The van der Waals surface area contributed by atoms with Crippen molar-refractivity contribution in [2.45, 2.75) is 38.8 Å². The molecule has 0 spiro atoms. The summed E-state index contributed by atoms with van der Waals surface area (Å²) in [6, 6.07) is 0.0150. The summed E-state index contributed by atoms with van der Waals surface area (Å²) < 4.78 is 24.3. The Bertz CT molecular complexity index is 580. The van der Waals surface area contributed by atoms with Gasteiger partial charge < -0.3 is 9.88 Å². The topological polar surface area (TPSA) is 81.1 Å². The summed E-state index contributed by atoms with van der Waals surface area (Å²) in [5, 5.41) is 3.08. The van der Waals surface area contributed by atoms with Crippen LogP contribution in [0.2, 0.25) is 0 Å². The van der Waals surface area contributed by atoms with Crippen LogP contribution in [0.15, 0.2) is 17.2 Å². The number of sulfone groups is 1. The van der Waals surface area contributed by atoms with Gasteiger partial charge in [0.1, 0.15) is 9.84 Å². The van der Waals surface area contributed by atoms with Gasteiger partial charge in [0.15, 0.2) is 5.82 Å². The number of aryl methyl sites for hydroxylation is 1. The fourth-order valence-electron chi connectivity index (χ4n) is 2.19. The molecule has 0 amide bonds. The van der Waals surface area contributed by atoms with Gasteiger partial charge in [0, 0.05) is 25.0 Å². The van der Waals surface area contributed by atoms with Crippen molar-refractivity contribution >= 4 is 15.7 Å². The first-order valence-electron chi connectivity index (χ1n) is 6.54. The molecule has 1 N–H and O–H groups in total. The minimum absolute atomic E-state index is 0.0150. The van der Waals surface area contributed by atoms with Crippen LogP contribution in [0.3, 0.4) is 0 Å². The van der Waals surface area contributed by atoms with E-state index in [0.717, 1.165) is 6.42 Å². The lowest BCUT2D eigenvalue weighted by Gasteiger charge is -2.23. The van der Waals surface area contributed by atoms with Gasteiger partial charge in [0.25, 0.3) is 5.56 Å². The van der Waals surface area contributed by atoms with Crippen LogP contribution >= 0.6 is 0 Å². The van der Waals surface area contributed by atoms with Gasteiger partial charge in [-0.15, -0.1) is 0 Å². The van der Waals surface area contributed by atoms with Gasteiger partial charge in [-0.2, -0.15) is 0 Å². The van der Waals surface area contributed by atoms with Crippen LogP contribution in [0.4, 0.5) is 5.82 Å². The van der Waals surface area contributed by atoms with E-state index in [2.05, 4.69) is 10.3 Å². The predicted molar refractivity (Wildman–Crippen MR) is 74.1 cm³/mol. The maximum atomic E-state index is 12.1. The molecule has 0 aromatic carbocycles. The average Bonchev–Trinajstić information content (AvgIpc) is 2.37. The van der Waals surface area contributed by atoms with Crippen molar-refractivity contribution in [2.75, 3.05) is 16.8 Å². The zero-order valence-electron chi connectivity index (χ0n) is 11.0. The third-order valence-corrected chi connectivity index (χ3v) is 4.99. The summed E-state index contributed by atoms with van der Waals surface area (Å²) in [5.41, 5.74) is -0.141. The molecule has 1 aromatic rings. The SMILES string of the molecule is CCCn1ccnc(NC2CCS(=O)(=O)CC2)c1=O. The first-order valence-corrected chi connectivity index (χ1v) is 8.36. The minimum atomic E-state index is -2.88. The molecule has 2 heterocycles. The monoisotopic (exact) mass is 285 g/mol. The van der Waals surface area contributed by atoms with Gasteiger partial charge in [-0.25, -0.2) is 13.4 Å². The predicted octanol–water partition coefficient (Wildman–Crippen LogP) is 0.642. The molecule has 0 aliphatic carbocycles. The van der Waals surface area contributed by atoms with Crippen molar-refractivity contribution < 1.29 is 8.42 Å². The molecule has 0 unspecified atom stereocenters. The number of rotatable bonds is 4. The Kier molecular flexibility index (Phi) is 4.24. The number of anilines is 1. The molecular formula is C12H19N3O3S. The average molecular weight is 285 g/mol. The molecule has 1 aliphatic heterocycles. The lowest BCUT2D eigenvalue weighted by molar-refractivity contribution is 0.558. The van der Waals surface area contributed by atoms with E-state index in [1.54, 1.807) is 17.0 Å². The number of nitrogens with one attached hydrogen (secondary N) is 1. The Hall–Kier alpha value is -1.37. The summed E-state index contributed by atoms with van der Waals surface area (Å²) in [5.74, 6) is 0.682. The Morgan fingerprint density at radius 1 is 1.42 bits per heavy atom. The minimum Gasteiger partial charge on any atom is -0.363 e. The molecule has 19 heavy (non-hydrogen) atoms. The second kappa shape index (κ2) is 5.73. The highest BCUT2D eigenvalue weighted by molar-refractivity contribution is 7.91. The van der Waals surface area contributed by atoms with Crippen LogP contribution in [-0.2, 0) is 16.4 Å². The van der Waals surface area contributed by atoms with Crippen LogP contribution < -0.4 is 10.9 Å². The van der Waals surface area contributed by atoms with Crippen molar-refractivity contribution in [1.29, 1.82) is 0 Å². The Balaban J connectivity index is 2.08. The summed E-state index contributed by atoms with van der Waals surface area (Å²) >= 11 is 0. The fourth-order valence-corrected chi connectivity index (χ4v) is 3.68. The van der Waals surface area contributed by atoms with E-state index in [-0.39, 0.29) is 23.1 Å². The van der Waals surface area contributed by atoms with Gasteiger partial charge >= 0.3 is 0 Å². The number of hydrogen-bond acceptors (Lipinski definition) is 5. The van der Waals surface area contributed by atoms with Crippen molar-refractivity contribution in [2.24, 2.45) is 0 Å². The molecule has 1 aromatic heterocycles. The lowest BCUT2D eigenvalue weighted by Crippen LogP contribution is -2.35. The summed E-state index contributed by atoms with van der Waals surface area (Å²) in [4.78, 5) is 16.1. The lowest BCUT2D eigenvalue weighted by atomic mass is 10.1. The van der Waals surface area contributed by atoms with Gasteiger partial charge in [-0.05, 0) is 19.3 Å². The van der Waals surface area contributed by atoms with Crippen LogP contribution in [0.5, 0.6) is 0 Å². The maximum absolute atomic E-state index is 12.1. The standard InChI is InChI=1S/C12H19N3O3S/c1-2-6-15-7-5-13-11(12(15)16)14-10-3-8-19(17,18)9-4-10/h5,7,10H,2-4,6,8-9H2,1H3,(H,13,14). The van der Waals surface area contributed by atoms with Crippen LogP contribution in [0, 0.1) is 0 Å². The van der Waals surface area contributed by atoms with Crippen molar-refractivity contribution in [3.63, 3.8) is 0 Å². The summed E-state index contributed by atoms with van der Waals surface area (Å²) in [7, 11) is -2.88. The largest absolute Gasteiger partial charge is 0.363 e. The third kappa shape index (κ3) is 3.56. The van der Waals surface area contributed by atoms with Crippen LogP contribution in [-0.4, -0.2) is 35.5 Å². The maximum Gasteiger partial charge on any atom is 0.293 e. The Labute approximate surface area is 112 Å². The smallest absolute Gasteiger partial charge is 0.293 e. The highest BCUT2D eigenvalue weighted by atomic mass is 32.2. The zero-order chi connectivity index (χ0) is 13.9. The van der Waals surface area contributed by atoms with E-state index in [1.807, 2.05) is 6.92 Å². The second-order valence-corrected chi connectivity index (χ2v) is 7.15.